The van der Waals surface area contributed by atoms with Crippen molar-refractivity contribution < 1.29 is 57.8 Å². The van der Waals surface area contributed by atoms with E-state index < -0.39 is 156 Å². The van der Waals surface area contributed by atoms with Crippen molar-refractivity contribution >= 4 is 65.0 Å². The van der Waals surface area contributed by atoms with Crippen LogP contribution in [0.3, 0.4) is 0 Å². The fraction of sp³-hybridized carbons (Fsp3) is 0.740. The Morgan fingerprint density at radius 1 is 0.507 bits per heavy atom. The van der Waals surface area contributed by atoms with Gasteiger partial charge in [-0.05, 0) is 79.1 Å². The van der Waals surface area contributed by atoms with Crippen molar-refractivity contribution in [3.8, 4) is 0 Å². The molecule has 11 amide bonds. The molecule has 12 atom stereocenters. The molecule has 1 saturated heterocycles. The predicted octanol–water partition coefficient (Wildman–Crippen LogP) is -0.836. The van der Waals surface area contributed by atoms with Crippen LogP contribution in [0.4, 0.5) is 0 Å². The van der Waals surface area contributed by atoms with E-state index in [2.05, 4.69) is 21.3 Å². The summed E-state index contributed by atoms with van der Waals surface area (Å²) >= 11 is 0. The smallest absolute Gasteiger partial charge is 0.246 e. The lowest BCUT2D eigenvalue weighted by atomic mass is 9.91. The van der Waals surface area contributed by atoms with E-state index in [1.165, 1.54) is 90.9 Å². The first-order valence-corrected chi connectivity index (χ1v) is 25.0. The number of aliphatic hydroxyl groups is 1. The molecule has 1 aliphatic rings. The van der Waals surface area contributed by atoms with Gasteiger partial charge in [-0.2, -0.15) is 0 Å². The van der Waals surface area contributed by atoms with Gasteiger partial charge in [0.05, 0.1) is 12.6 Å². The summed E-state index contributed by atoms with van der Waals surface area (Å²) in [4.78, 5) is 161. The second-order valence-electron chi connectivity index (χ2n) is 20.2. The Morgan fingerprint density at radius 3 is 1.45 bits per heavy atom. The molecular formula is C50H87N11O12. The van der Waals surface area contributed by atoms with Gasteiger partial charge in [-0.3, -0.25) is 52.7 Å². The molecule has 0 radical (unpaired) electrons. The van der Waals surface area contributed by atoms with Crippen LogP contribution < -0.4 is 21.3 Å². The summed E-state index contributed by atoms with van der Waals surface area (Å²) in [6.45, 7) is 19.8. The maximum Gasteiger partial charge on any atom is 0.246 e. The molecule has 1 heterocycles. The summed E-state index contributed by atoms with van der Waals surface area (Å²) < 4.78 is 0. The predicted molar refractivity (Wildman–Crippen MR) is 273 cm³/mol. The average molecular weight is 1030 g/mol. The molecule has 23 heteroatoms. The first kappa shape index (κ1) is 64.9. The van der Waals surface area contributed by atoms with Crippen LogP contribution in [-0.2, 0) is 52.7 Å². The highest BCUT2D eigenvalue weighted by Gasteiger charge is 2.44. The van der Waals surface area contributed by atoms with Crippen molar-refractivity contribution in [2.75, 3.05) is 55.9 Å². The molecule has 414 valence electrons. The van der Waals surface area contributed by atoms with Crippen LogP contribution in [0.2, 0.25) is 0 Å². The third kappa shape index (κ3) is 16.4. The molecule has 1 rings (SSSR count). The van der Waals surface area contributed by atoms with E-state index in [4.69, 9.17) is 0 Å². The standard InChI is InChI=1S/C50H87N11O12/c1-21-23-24-28(7)40(63)39-44(67)53-35(22-2)48(71)55(14)25-36(62)56(15)31(10)43(66)54-37(26(3)4)49(72)57(16)32(11)42(65)51-29(8)41(64)52-30(9)45(68)58(17)33(12)46(69)59(18)34(13)47(70)60(19)38(27(5)6)50(73)61(39)20/h21,23,26-35,37-40,63H,22,24-25H2,1-20H3,(H,51,65)(H,52,64)(H,53,67)(H,54,66)/b23-21+. The second-order valence-corrected chi connectivity index (χ2v) is 20.2. The normalized spacial score (nSPS) is 29.0. The molecular weight excluding hydrogens is 947 g/mol. The quantitative estimate of drug-likeness (QED) is 0.196. The Hall–Kier alpha value is -6.13. The van der Waals surface area contributed by atoms with Crippen molar-refractivity contribution in [2.24, 2.45) is 17.8 Å². The number of hydrogen-bond donors (Lipinski definition) is 5. The average Bonchev–Trinajstić information content (AvgIpc) is 3.34. The van der Waals surface area contributed by atoms with Gasteiger partial charge in [0.1, 0.15) is 60.4 Å². The monoisotopic (exact) mass is 1030 g/mol. The Morgan fingerprint density at radius 2 is 0.959 bits per heavy atom. The first-order chi connectivity index (χ1) is 33.6. The maximum atomic E-state index is 14.7. The zero-order valence-electron chi connectivity index (χ0n) is 46.9. The molecule has 23 nitrogen and oxygen atoms in total. The summed E-state index contributed by atoms with van der Waals surface area (Å²) in [5.74, 6) is -9.52. The zero-order chi connectivity index (χ0) is 56.8. The highest BCUT2D eigenvalue weighted by atomic mass is 16.3. The third-order valence-corrected chi connectivity index (χ3v) is 14.0. The number of carbonyl (C=O) groups is 11. The van der Waals surface area contributed by atoms with Gasteiger partial charge in [-0.15, -0.1) is 0 Å². The molecule has 0 saturated carbocycles. The van der Waals surface area contributed by atoms with Crippen LogP contribution in [0.5, 0.6) is 0 Å². The van der Waals surface area contributed by atoms with Crippen molar-refractivity contribution in [1.82, 2.24) is 55.6 Å². The van der Waals surface area contributed by atoms with E-state index in [-0.39, 0.29) is 6.42 Å². The molecule has 1 fully saturated rings. The molecule has 0 aliphatic carbocycles. The van der Waals surface area contributed by atoms with E-state index in [0.717, 1.165) is 34.3 Å². The second kappa shape index (κ2) is 28.4. The molecule has 0 aromatic carbocycles. The summed E-state index contributed by atoms with van der Waals surface area (Å²) in [5.41, 5.74) is 0. The van der Waals surface area contributed by atoms with Gasteiger partial charge in [0.15, 0.2) is 0 Å². The summed E-state index contributed by atoms with van der Waals surface area (Å²) in [7, 11) is 9.43. The van der Waals surface area contributed by atoms with Crippen LogP contribution >= 0.6 is 0 Å². The molecule has 0 bridgehead atoms. The van der Waals surface area contributed by atoms with Gasteiger partial charge in [0, 0.05) is 49.3 Å². The lowest BCUT2D eigenvalue weighted by Crippen LogP contribution is -2.63. The highest BCUT2D eigenvalue weighted by Crippen LogP contribution is 2.22. The molecule has 73 heavy (non-hydrogen) atoms. The number of aliphatic hydroxyl groups excluding tert-OH is 1. The minimum Gasteiger partial charge on any atom is -0.390 e. The number of amides is 11. The maximum absolute atomic E-state index is 14.7. The molecule has 5 N–H and O–H groups in total. The fourth-order valence-electron chi connectivity index (χ4n) is 8.17. The van der Waals surface area contributed by atoms with Crippen LogP contribution in [0, 0.1) is 17.8 Å². The molecule has 0 aromatic heterocycles. The zero-order valence-corrected chi connectivity index (χ0v) is 46.9. The van der Waals surface area contributed by atoms with Gasteiger partial charge in [0.25, 0.3) is 0 Å². The Labute approximate surface area is 432 Å². The van der Waals surface area contributed by atoms with Crippen molar-refractivity contribution in [3.05, 3.63) is 12.2 Å². The molecule has 12 unspecified atom stereocenters. The Balaban J connectivity index is 3.92. The number of hydrogen-bond acceptors (Lipinski definition) is 12. The van der Waals surface area contributed by atoms with Crippen molar-refractivity contribution in [2.45, 2.75) is 169 Å². The number of allylic oxidation sites excluding steroid dienone is 2. The van der Waals surface area contributed by atoms with Gasteiger partial charge in [-0.1, -0.05) is 53.7 Å². The number of carbonyl (C=O) groups excluding carboxylic acids is 11. The number of likely N-dealkylation sites (N-methyl/N-ethyl adjacent to an activating group) is 7. The van der Waals surface area contributed by atoms with Crippen LogP contribution in [-0.4, -0.2) is 227 Å². The third-order valence-electron chi connectivity index (χ3n) is 14.0. The fourth-order valence-corrected chi connectivity index (χ4v) is 8.17. The summed E-state index contributed by atoms with van der Waals surface area (Å²) in [5, 5.41) is 22.3. The summed E-state index contributed by atoms with van der Waals surface area (Å²) in [6, 6.07) is -12.3. The molecule has 0 spiro atoms. The Bertz CT molecular complexity index is 2050. The van der Waals surface area contributed by atoms with Crippen LogP contribution in [0.1, 0.15) is 103 Å². The van der Waals surface area contributed by atoms with E-state index in [1.54, 1.807) is 60.6 Å². The lowest BCUT2D eigenvalue weighted by molar-refractivity contribution is -0.156. The van der Waals surface area contributed by atoms with Crippen LogP contribution in [0.15, 0.2) is 12.2 Å². The first-order valence-electron chi connectivity index (χ1n) is 25.0. The summed E-state index contributed by atoms with van der Waals surface area (Å²) in [6.07, 6.45) is 2.40. The topological polar surface area (TPSA) is 279 Å². The minimum atomic E-state index is -1.59. The van der Waals surface area contributed by atoms with Gasteiger partial charge >= 0.3 is 0 Å². The lowest BCUT2D eigenvalue weighted by Gasteiger charge is -2.40. The van der Waals surface area contributed by atoms with E-state index in [0.29, 0.717) is 6.42 Å². The number of nitrogens with zero attached hydrogens (tertiary/aromatic N) is 7. The largest absolute Gasteiger partial charge is 0.390 e. The van der Waals surface area contributed by atoms with Crippen LogP contribution in [0.25, 0.3) is 0 Å². The molecule has 1 aliphatic heterocycles. The molecule has 0 aromatic rings. The van der Waals surface area contributed by atoms with Crippen molar-refractivity contribution in [1.29, 1.82) is 0 Å². The van der Waals surface area contributed by atoms with E-state index >= 15 is 0 Å². The Kier molecular flexibility index (Phi) is 25.2. The minimum absolute atomic E-state index is 0.0251. The van der Waals surface area contributed by atoms with Gasteiger partial charge in [0.2, 0.25) is 65.0 Å². The SMILES string of the molecule is C/C=C/CC(C)C(O)C1C(=O)NC(CC)C(=O)N(C)CC(=O)N(C)C(C)C(=O)NC(C(C)C)C(=O)N(C)C(C)C(=O)NC(C)C(=O)NC(C)C(=O)N(C)C(C)C(=O)N(C)C(C)C(=O)N(C)C(C(C)C)C(=O)N1C. The van der Waals surface area contributed by atoms with E-state index in [9.17, 15) is 57.8 Å². The number of nitrogens with one attached hydrogen (secondary N) is 4. The highest BCUT2D eigenvalue weighted by molar-refractivity contribution is 5.99. The van der Waals surface area contributed by atoms with Crippen molar-refractivity contribution in [3.63, 3.8) is 0 Å². The van der Waals surface area contributed by atoms with Gasteiger partial charge < -0.3 is 60.7 Å². The van der Waals surface area contributed by atoms with Gasteiger partial charge in [-0.25, -0.2) is 0 Å². The van der Waals surface area contributed by atoms with E-state index in [1.807, 2.05) is 0 Å². The number of rotatable bonds is 7.